The van der Waals surface area contributed by atoms with Gasteiger partial charge in [-0.2, -0.15) is 0 Å². The molecule has 0 spiro atoms. The highest BCUT2D eigenvalue weighted by molar-refractivity contribution is 5.92. The lowest BCUT2D eigenvalue weighted by atomic mass is 10.0. The van der Waals surface area contributed by atoms with Crippen molar-refractivity contribution in [3.8, 4) is 0 Å². The third-order valence-corrected chi connectivity index (χ3v) is 3.96. The van der Waals surface area contributed by atoms with Crippen LogP contribution in [0.4, 0.5) is 0 Å². The molecule has 1 aromatic carbocycles. The Bertz CT molecular complexity index is 699. The molecule has 1 aliphatic rings. The number of benzene rings is 1. The highest BCUT2D eigenvalue weighted by Crippen LogP contribution is 2.30. The molecule has 0 bridgehead atoms. The Hall–Kier alpha value is -2.10. The maximum absolute atomic E-state index is 12.0. The van der Waals surface area contributed by atoms with Gasteiger partial charge in [-0.25, -0.2) is 0 Å². The first kappa shape index (κ1) is 13.9. The van der Waals surface area contributed by atoms with Crippen molar-refractivity contribution in [3.05, 3.63) is 35.5 Å². The summed E-state index contributed by atoms with van der Waals surface area (Å²) in [6, 6.07) is 7.97. The second kappa shape index (κ2) is 5.72. The van der Waals surface area contributed by atoms with Crippen LogP contribution in [0.1, 0.15) is 31.0 Å². The Kier molecular flexibility index (Phi) is 3.78. The van der Waals surface area contributed by atoms with Gasteiger partial charge >= 0.3 is 5.97 Å². The van der Waals surface area contributed by atoms with Crippen LogP contribution >= 0.6 is 0 Å². The lowest BCUT2D eigenvalue weighted by molar-refractivity contribution is -0.142. The molecule has 0 saturated heterocycles. The van der Waals surface area contributed by atoms with Crippen LogP contribution in [-0.2, 0) is 33.7 Å². The molecule has 3 rings (SSSR count). The quantitative estimate of drug-likeness (QED) is 0.811. The van der Waals surface area contributed by atoms with Crippen LogP contribution in [0.3, 0.4) is 0 Å². The molecule has 4 heteroatoms. The number of carbonyl (C=O) groups is 2. The van der Waals surface area contributed by atoms with Crippen molar-refractivity contribution >= 4 is 22.7 Å². The average Bonchev–Trinajstić information content (AvgIpc) is 2.79. The van der Waals surface area contributed by atoms with Crippen molar-refractivity contribution in [1.82, 2.24) is 4.57 Å². The SMILES string of the molecule is CCCOC(=O)Cc1c2n(c3ccccc13)CC(=O)CC2. The molecule has 0 radical (unpaired) electrons. The second-order valence-electron chi connectivity index (χ2n) is 5.46. The van der Waals surface area contributed by atoms with E-state index >= 15 is 0 Å². The summed E-state index contributed by atoms with van der Waals surface area (Å²) in [5.74, 6) is 0.0660. The fraction of sp³-hybridized carbons (Fsp3) is 0.412. The number of hydrogen-bond acceptors (Lipinski definition) is 3. The first-order valence-corrected chi connectivity index (χ1v) is 7.47. The van der Waals surface area contributed by atoms with Crippen LogP contribution in [0, 0.1) is 0 Å². The van der Waals surface area contributed by atoms with Gasteiger partial charge in [0, 0.05) is 23.0 Å². The maximum Gasteiger partial charge on any atom is 0.310 e. The number of Topliss-reactive ketones (excluding diaryl/α,β-unsaturated/α-hetero) is 1. The molecule has 0 amide bonds. The Morgan fingerprint density at radius 2 is 2.10 bits per heavy atom. The third-order valence-electron chi connectivity index (χ3n) is 3.96. The molecular weight excluding hydrogens is 266 g/mol. The van der Waals surface area contributed by atoms with E-state index in [9.17, 15) is 9.59 Å². The number of fused-ring (bicyclic) bond motifs is 3. The molecule has 0 unspecified atom stereocenters. The second-order valence-corrected chi connectivity index (χ2v) is 5.46. The lowest BCUT2D eigenvalue weighted by Crippen LogP contribution is -2.20. The molecule has 1 aliphatic heterocycles. The van der Waals surface area contributed by atoms with Crippen molar-refractivity contribution in [2.24, 2.45) is 0 Å². The largest absolute Gasteiger partial charge is 0.465 e. The zero-order chi connectivity index (χ0) is 14.8. The van der Waals surface area contributed by atoms with Gasteiger partial charge in [-0.3, -0.25) is 9.59 Å². The topological polar surface area (TPSA) is 48.3 Å². The smallest absolute Gasteiger partial charge is 0.310 e. The number of hydrogen-bond donors (Lipinski definition) is 0. The number of rotatable bonds is 4. The molecule has 0 fully saturated rings. The van der Waals surface area contributed by atoms with Gasteiger partial charge in [0.15, 0.2) is 5.78 Å². The first-order valence-electron chi connectivity index (χ1n) is 7.47. The number of carbonyl (C=O) groups excluding carboxylic acids is 2. The normalized spacial score (nSPS) is 14.2. The minimum atomic E-state index is -0.187. The molecule has 4 nitrogen and oxygen atoms in total. The number of aromatic nitrogens is 1. The van der Waals surface area contributed by atoms with Crippen LogP contribution in [0.15, 0.2) is 24.3 Å². The standard InChI is InChI=1S/C17H19NO3/c1-2-9-21-17(20)10-14-13-5-3-4-6-15(13)18-11-12(19)7-8-16(14)18/h3-6H,2,7-11H2,1H3. The Morgan fingerprint density at radius 1 is 1.29 bits per heavy atom. The molecule has 0 N–H and O–H groups in total. The Balaban J connectivity index is 2.01. The summed E-state index contributed by atoms with van der Waals surface area (Å²) < 4.78 is 7.27. The monoisotopic (exact) mass is 285 g/mol. The predicted molar refractivity (Wildman–Crippen MR) is 80.2 cm³/mol. The van der Waals surface area contributed by atoms with E-state index in [1.807, 2.05) is 31.2 Å². The van der Waals surface area contributed by atoms with Crippen molar-refractivity contribution in [3.63, 3.8) is 0 Å². The minimum absolute atomic E-state index is 0.187. The Morgan fingerprint density at radius 3 is 2.90 bits per heavy atom. The number of ether oxygens (including phenoxy) is 1. The molecular formula is C17H19NO3. The number of para-hydroxylation sites is 1. The molecule has 1 aromatic heterocycles. The summed E-state index contributed by atoms with van der Waals surface area (Å²) in [5.41, 5.74) is 3.18. The predicted octanol–water partition coefficient (Wildman–Crippen LogP) is 2.65. The van der Waals surface area contributed by atoms with E-state index < -0.39 is 0 Å². The maximum atomic E-state index is 12.0. The summed E-state index contributed by atoms with van der Waals surface area (Å²) in [5, 5.41) is 1.07. The summed E-state index contributed by atoms with van der Waals surface area (Å²) in [6.45, 7) is 2.86. The van der Waals surface area contributed by atoms with E-state index in [4.69, 9.17) is 4.74 Å². The highest BCUT2D eigenvalue weighted by Gasteiger charge is 2.24. The Labute approximate surface area is 123 Å². The first-order chi connectivity index (χ1) is 10.2. The van der Waals surface area contributed by atoms with Crippen molar-refractivity contribution in [2.75, 3.05) is 6.61 Å². The average molecular weight is 285 g/mol. The van der Waals surface area contributed by atoms with Gasteiger partial charge in [0.05, 0.1) is 19.6 Å². The molecule has 0 aliphatic carbocycles. The zero-order valence-electron chi connectivity index (χ0n) is 12.2. The van der Waals surface area contributed by atoms with E-state index in [2.05, 4.69) is 4.57 Å². The van der Waals surface area contributed by atoms with Crippen LogP contribution in [0.25, 0.3) is 10.9 Å². The van der Waals surface area contributed by atoms with Crippen molar-refractivity contribution in [2.45, 2.75) is 39.2 Å². The lowest BCUT2D eigenvalue weighted by Gasteiger charge is -2.16. The summed E-state index contributed by atoms with van der Waals surface area (Å²) >= 11 is 0. The summed E-state index contributed by atoms with van der Waals surface area (Å²) in [7, 11) is 0. The van der Waals surface area contributed by atoms with Gasteiger partial charge in [0.1, 0.15) is 0 Å². The molecule has 2 heterocycles. The van der Waals surface area contributed by atoms with Crippen molar-refractivity contribution in [1.29, 1.82) is 0 Å². The van der Waals surface area contributed by atoms with Crippen LogP contribution < -0.4 is 0 Å². The van der Waals surface area contributed by atoms with Gasteiger partial charge in [-0.15, -0.1) is 0 Å². The van der Waals surface area contributed by atoms with Crippen molar-refractivity contribution < 1.29 is 14.3 Å². The van der Waals surface area contributed by atoms with Crippen LogP contribution in [-0.4, -0.2) is 22.9 Å². The molecule has 2 aromatic rings. The van der Waals surface area contributed by atoms with Gasteiger partial charge in [-0.1, -0.05) is 25.1 Å². The fourth-order valence-corrected chi connectivity index (χ4v) is 3.02. The molecule has 0 saturated carbocycles. The number of ketones is 1. The van der Waals surface area contributed by atoms with Gasteiger partial charge in [0.25, 0.3) is 0 Å². The molecule has 0 atom stereocenters. The van der Waals surface area contributed by atoms with E-state index in [-0.39, 0.29) is 18.2 Å². The van der Waals surface area contributed by atoms with Gasteiger partial charge in [0.2, 0.25) is 0 Å². The molecule has 110 valence electrons. The van der Waals surface area contributed by atoms with Gasteiger partial charge < -0.3 is 9.30 Å². The van der Waals surface area contributed by atoms with E-state index in [0.717, 1.165) is 28.6 Å². The van der Waals surface area contributed by atoms with E-state index in [1.165, 1.54) is 0 Å². The minimum Gasteiger partial charge on any atom is -0.465 e. The summed E-state index contributed by atoms with van der Waals surface area (Å²) in [6.07, 6.45) is 2.39. The zero-order valence-corrected chi connectivity index (χ0v) is 12.2. The fourth-order valence-electron chi connectivity index (χ4n) is 3.02. The van der Waals surface area contributed by atoms with Crippen LogP contribution in [0.5, 0.6) is 0 Å². The molecule has 21 heavy (non-hydrogen) atoms. The third kappa shape index (κ3) is 2.58. The van der Waals surface area contributed by atoms with Crippen LogP contribution in [0.2, 0.25) is 0 Å². The van der Waals surface area contributed by atoms with Gasteiger partial charge in [-0.05, 0) is 24.5 Å². The number of esters is 1. The van der Waals surface area contributed by atoms with E-state index in [1.54, 1.807) is 0 Å². The highest BCUT2D eigenvalue weighted by atomic mass is 16.5. The number of nitrogens with zero attached hydrogens (tertiary/aromatic N) is 1. The van der Waals surface area contributed by atoms with E-state index in [0.29, 0.717) is 26.0 Å². The summed E-state index contributed by atoms with van der Waals surface area (Å²) in [4.78, 5) is 23.7.